The van der Waals surface area contributed by atoms with Gasteiger partial charge in [-0.2, -0.15) is 5.10 Å². The Labute approximate surface area is 80.8 Å². The lowest BCUT2D eigenvalue weighted by atomic mass is 10.3. The van der Waals surface area contributed by atoms with Gasteiger partial charge in [0.05, 0.1) is 17.1 Å². The molecule has 2 N–H and O–H groups in total. The molecule has 68 valence electrons. The van der Waals surface area contributed by atoms with Gasteiger partial charge in [0.15, 0.2) is 0 Å². The quantitative estimate of drug-likeness (QED) is 0.754. The van der Waals surface area contributed by atoms with Crippen LogP contribution < -0.4 is 5.73 Å². The van der Waals surface area contributed by atoms with E-state index in [0.717, 1.165) is 22.1 Å². The molecule has 0 aliphatic rings. The smallest absolute Gasteiger partial charge is 0.117 e. The van der Waals surface area contributed by atoms with Crippen molar-refractivity contribution in [1.29, 1.82) is 0 Å². The second kappa shape index (κ2) is 2.88. The van der Waals surface area contributed by atoms with E-state index in [1.165, 1.54) is 0 Å². The van der Waals surface area contributed by atoms with Gasteiger partial charge in [0, 0.05) is 0 Å². The summed E-state index contributed by atoms with van der Waals surface area (Å²) in [6.45, 7) is 3.90. The van der Waals surface area contributed by atoms with Crippen molar-refractivity contribution in [3.63, 3.8) is 0 Å². The number of nitrogen functional groups attached to an aromatic ring is 1. The van der Waals surface area contributed by atoms with Crippen LogP contribution in [0.25, 0.3) is 5.00 Å². The molecule has 2 rings (SSSR count). The molecular formula is C9H11N3S. The van der Waals surface area contributed by atoms with Gasteiger partial charge in [-0.3, -0.25) is 0 Å². The van der Waals surface area contributed by atoms with Gasteiger partial charge in [0.25, 0.3) is 0 Å². The van der Waals surface area contributed by atoms with Crippen molar-refractivity contribution >= 4 is 17.0 Å². The number of rotatable bonds is 1. The number of nitrogens with zero attached hydrogens (tertiary/aromatic N) is 2. The SMILES string of the molecule is Cc1nn(-c2cccs2)c(C)c1N. The number of hydrogen-bond acceptors (Lipinski definition) is 3. The summed E-state index contributed by atoms with van der Waals surface area (Å²) < 4.78 is 1.88. The Morgan fingerprint density at radius 2 is 2.23 bits per heavy atom. The second-order valence-electron chi connectivity index (χ2n) is 2.95. The number of thiophene rings is 1. The van der Waals surface area contributed by atoms with Crippen LogP contribution in [0.15, 0.2) is 17.5 Å². The van der Waals surface area contributed by atoms with Crippen LogP contribution in [0.1, 0.15) is 11.4 Å². The Kier molecular flexibility index (Phi) is 1.84. The van der Waals surface area contributed by atoms with Gasteiger partial charge in [-0.15, -0.1) is 11.3 Å². The van der Waals surface area contributed by atoms with Crippen LogP contribution in [0, 0.1) is 13.8 Å². The molecule has 0 fully saturated rings. The molecule has 2 heterocycles. The van der Waals surface area contributed by atoms with Gasteiger partial charge >= 0.3 is 0 Å². The molecular weight excluding hydrogens is 182 g/mol. The summed E-state index contributed by atoms with van der Waals surface area (Å²) >= 11 is 1.66. The number of nitrogens with two attached hydrogens (primary N) is 1. The van der Waals surface area contributed by atoms with Gasteiger partial charge in [0.2, 0.25) is 0 Å². The number of anilines is 1. The van der Waals surface area contributed by atoms with Crippen LogP contribution in [0.5, 0.6) is 0 Å². The predicted molar refractivity (Wildman–Crippen MR) is 55.3 cm³/mol. The van der Waals surface area contributed by atoms with E-state index in [1.807, 2.05) is 36.0 Å². The molecule has 0 aromatic carbocycles. The number of aromatic nitrogens is 2. The Balaban J connectivity index is 2.59. The van der Waals surface area contributed by atoms with E-state index < -0.39 is 0 Å². The third kappa shape index (κ3) is 1.23. The van der Waals surface area contributed by atoms with Gasteiger partial charge in [0.1, 0.15) is 5.00 Å². The molecule has 0 saturated carbocycles. The number of aryl methyl sites for hydroxylation is 1. The van der Waals surface area contributed by atoms with E-state index in [9.17, 15) is 0 Å². The maximum Gasteiger partial charge on any atom is 0.117 e. The van der Waals surface area contributed by atoms with Crippen molar-refractivity contribution < 1.29 is 0 Å². The molecule has 13 heavy (non-hydrogen) atoms. The molecule has 4 heteroatoms. The van der Waals surface area contributed by atoms with E-state index in [1.54, 1.807) is 11.3 Å². The largest absolute Gasteiger partial charge is 0.396 e. The maximum absolute atomic E-state index is 5.83. The molecule has 0 bridgehead atoms. The predicted octanol–water partition coefficient (Wildman–Crippen LogP) is 2.13. The Bertz CT molecular complexity index is 414. The summed E-state index contributed by atoms with van der Waals surface area (Å²) in [6.07, 6.45) is 0. The summed E-state index contributed by atoms with van der Waals surface area (Å²) in [5.74, 6) is 0. The topological polar surface area (TPSA) is 43.8 Å². The van der Waals surface area contributed by atoms with Gasteiger partial charge in [-0.05, 0) is 31.4 Å². The van der Waals surface area contributed by atoms with Crippen molar-refractivity contribution in [2.45, 2.75) is 13.8 Å². The first-order valence-corrected chi connectivity index (χ1v) is 4.93. The Morgan fingerprint density at radius 3 is 2.69 bits per heavy atom. The van der Waals surface area contributed by atoms with Crippen molar-refractivity contribution in [3.8, 4) is 5.00 Å². The summed E-state index contributed by atoms with van der Waals surface area (Å²) in [5, 5.41) is 7.49. The van der Waals surface area contributed by atoms with E-state index in [2.05, 4.69) is 5.10 Å². The normalized spacial score (nSPS) is 10.6. The molecule has 0 saturated heterocycles. The fraction of sp³-hybridized carbons (Fsp3) is 0.222. The van der Waals surface area contributed by atoms with E-state index in [0.29, 0.717) is 0 Å². The minimum absolute atomic E-state index is 0.786. The third-order valence-electron chi connectivity index (χ3n) is 2.06. The van der Waals surface area contributed by atoms with Crippen molar-refractivity contribution in [2.75, 3.05) is 5.73 Å². The fourth-order valence-electron chi connectivity index (χ4n) is 1.26. The highest BCUT2D eigenvalue weighted by Crippen LogP contribution is 2.22. The first kappa shape index (κ1) is 8.31. The molecule has 0 aliphatic carbocycles. The average molecular weight is 193 g/mol. The zero-order chi connectivity index (χ0) is 9.42. The van der Waals surface area contributed by atoms with Crippen LogP contribution in [0.3, 0.4) is 0 Å². The molecule has 2 aromatic rings. The minimum Gasteiger partial charge on any atom is -0.396 e. The highest BCUT2D eigenvalue weighted by molar-refractivity contribution is 7.12. The standard InChI is InChI=1S/C9H11N3S/c1-6-9(10)7(2)12(11-6)8-4-3-5-13-8/h3-5H,10H2,1-2H3. The molecule has 2 aromatic heterocycles. The molecule has 0 unspecified atom stereocenters. The maximum atomic E-state index is 5.83. The van der Waals surface area contributed by atoms with Crippen LogP contribution in [0.2, 0.25) is 0 Å². The average Bonchev–Trinajstić information content (AvgIpc) is 2.70. The second-order valence-corrected chi connectivity index (χ2v) is 3.87. The lowest BCUT2D eigenvalue weighted by Gasteiger charge is -1.98. The van der Waals surface area contributed by atoms with Gasteiger partial charge in [-0.1, -0.05) is 0 Å². The lowest BCUT2D eigenvalue weighted by Crippen LogP contribution is -1.96. The molecule has 3 nitrogen and oxygen atoms in total. The number of hydrogen-bond donors (Lipinski definition) is 1. The van der Waals surface area contributed by atoms with Crippen LogP contribution in [-0.2, 0) is 0 Å². The highest BCUT2D eigenvalue weighted by atomic mass is 32.1. The molecule has 0 aliphatic heterocycles. The van der Waals surface area contributed by atoms with Gasteiger partial charge in [-0.25, -0.2) is 4.68 Å². The van der Waals surface area contributed by atoms with Crippen LogP contribution >= 0.6 is 11.3 Å². The molecule has 0 atom stereocenters. The fourth-order valence-corrected chi connectivity index (χ4v) is 1.99. The van der Waals surface area contributed by atoms with Crippen molar-refractivity contribution in [3.05, 3.63) is 28.9 Å². The van der Waals surface area contributed by atoms with E-state index >= 15 is 0 Å². The lowest BCUT2D eigenvalue weighted by molar-refractivity contribution is 0.848. The summed E-state index contributed by atoms with van der Waals surface area (Å²) in [4.78, 5) is 0. The van der Waals surface area contributed by atoms with E-state index in [4.69, 9.17) is 5.73 Å². The Morgan fingerprint density at radius 1 is 1.46 bits per heavy atom. The monoisotopic (exact) mass is 193 g/mol. The van der Waals surface area contributed by atoms with Gasteiger partial charge < -0.3 is 5.73 Å². The first-order valence-electron chi connectivity index (χ1n) is 4.05. The van der Waals surface area contributed by atoms with Crippen molar-refractivity contribution in [2.24, 2.45) is 0 Å². The van der Waals surface area contributed by atoms with Crippen LogP contribution in [0.4, 0.5) is 5.69 Å². The first-order chi connectivity index (χ1) is 6.20. The van der Waals surface area contributed by atoms with Crippen LogP contribution in [-0.4, -0.2) is 9.78 Å². The summed E-state index contributed by atoms with van der Waals surface area (Å²) in [5.41, 5.74) is 8.52. The molecule has 0 spiro atoms. The van der Waals surface area contributed by atoms with E-state index in [-0.39, 0.29) is 0 Å². The van der Waals surface area contributed by atoms with Crippen molar-refractivity contribution in [1.82, 2.24) is 9.78 Å². The zero-order valence-corrected chi connectivity index (χ0v) is 8.43. The molecule has 0 radical (unpaired) electrons. The highest BCUT2D eigenvalue weighted by Gasteiger charge is 2.09. The summed E-state index contributed by atoms with van der Waals surface area (Å²) in [6, 6.07) is 4.04. The zero-order valence-electron chi connectivity index (χ0n) is 7.61. The minimum atomic E-state index is 0.786. The Hall–Kier alpha value is -1.29. The summed E-state index contributed by atoms with van der Waals surface area (Å²) in [7, 11) is 0. The molecule has 0 amide bonds. The third-order valence-corrected chi connectivity index (χ3v) is 2.91.